The minimum absolute atomic E-state index is 0.170. The van der Waals surface area contributed by atoms with Crippen molar-refractivity contribution >= 4 is 46.8 Å². The molecule has 1 atom stereocenters. The lowest BCUT2D eigenvalue weighted by Gasteiger charge is -2.31. The first-order valence-electron chi connectivity index (χ1n) is 10.7. The Balaban J connectivity index is 1.79. The highest BCUT2D eigenvalue weighted by Crippen LogP contribution is 2.25. The summed E-state index contributed by atoms with van der Waals surface area (Å²) >= 11 is 13.5. The summed E-state index contributed by atoms with van der Waals surface area (Å²) in [5, 5.41) is 3.62. The van der Waals surface area contributed by atoms with Crippen LogP contribution in [0.3, 0.4) is 0 Å². The molecule has 0 aromatic heterocycles. The molecule has 3 aromatic carbocycles. The monoisotopic (exact) mass is 518 g/mol. The maximum atomic E-state index is 13.4. The molecule has 178 valence electrons. The molecule has 8 heteroatoms. The number of rotatable bonds is 10. The van der Waals surface area contributed by atoms with Crippen LogP contribution in [0.4, 0.5) is 4.39 Å². The second kappa shape index (κ2) is 12.8. The molecule has 4 nitrogen and oxygen atoms in total. The number of nitrogens with one attached hydrogen (secondary N) is 1. The van der Waals surface area contributed by atoms with E-state index in [1.807, 2.05) is 36.4 Å². The molecule has 0 heterocycles. The Labute approximate surface area is 213 Å². The molecule has 0 saturated carbocycles. The minimum Gasteiger partial charge on any atom is -0.357 e. The Bertz CT molecular complexity index is 1110. The largest absolute Gasteiger partial charge is 0.357 e. The Morgan fingerprint density at radius 2 is 1.62 bits per heavy atom. The van der Waals surface area contributed by atoms with Gasteiger partial charge in [0.2, 0.25) is 11.8 Å². The van der Waals surface area contributed by atoms with Gasteiger partial charge in [-0.3, -0.25) is 9.59 Å². The number of hydrogen-bond donors (Lipinski definition) is 1. The van der Waals surface area contributed by atoms with Crippen LogP contribution in [0.2, 0.25) is 10.0 Å². The summed E-state index contributed by atoms with van der Waals surface area (Å²) in [7, 11) is 1.56. The van der Waals surface area contributed by atoms with Crippen LogP contribution in [0.1, 0.15) is 16.7 Å². The van der Waals surface area contributed by atoms with E-state index in [1.165, 1.54) is 23.9 Å². The van der Waals surface area contributed by atoms with Crippen molar-refractivity contribution in [2.45, 2.75) is 24.8 Å². The lowest BCUT2D eigenvalue weighted by molar-refractivity contribution is -0.139. The van der Waals surface area contributed by atoms with E-state index in [1.54, 1.807) is 36.2 Å². The van der Waals surface area contributed by atoms with Gasteiger partial charge >= 0.3 is 0 Å². The fourth-order valence-electron chi connectivity index (χ4n) is 3.48. The molecule has 1 unspecified atom stereocenters. The second-order valence-corrected chi connectivity index (χ2v) is 9.51. The average Bonchev–Trinajstić information content (AvgIpc) is 2.84. The van der Waals surface area contributed by atoms with Crippen LogP contribution < -0.4 is 5.32 Å². The molecule has 0 aliphatic heterocycles. The number of carbonyl (C=O) groups excluding carboxylic acids is 2. The van der Waals surface area contributed by atoms with Crippen LogP contribution in [0, 0.1) is 5.82 Å². The zero-order chi connectivity index (χ0) is 24.5. The number of likely N-dealkylation sites (N-methyl/N-ethyl adjacent to an activating group) is 1. The lowest BCUT2D eigenvalue weighted by atomic mass is 10.0. The van der Waals surface area contributed by atoms with Gasteiger partial charge in [0.15, 0.2) is 0 Å². The summed E-state index contributed by atoms with van der Waals surface area (Å²) in [6, 6.07) is 20.2. The molecule has 34 heavy (non-hydrogen) atoms. The van der Waals surface area contributed by atoms with E-state index in [-0.39, 0.29) is 29.9 Å². The Morgan fingerprint density at radius 1 is 0.941 bits per heavy atom. The van der Waals surface area contributed by atoms with Gasteiger partial charge < -0.3 is 10.2 Å². The van der Waals surface area contributed by atoms with Gasteiger partial charge in [0.25, 0.3) is 0 Å². The molecule has 0 aliphatic rings. The first kappa shape index (κ1) is 26.1. The molecule has 0 saturated heterocycles. The molecule has 2 amide bonds. The standard InChI is InChI=1S/C26H25Cl2FN2O2S/c1-30-26(33)24(14-18-5-3-2-4-6-18)31(15-19-7-10-21(29)11-8-19)25(32)17-34-16-20-9-12-22(27)23(28)13-20/h2-13,24H,14-17H2,1H3,(H,30,33). The maximum absolute atomic E-state index is 13.4. The van der Waals surface area contributed by atoms with Gasteiger partial charge in [-0.15, -0.1) is 11.8 Å². The van der Waals surface area contributed by atoms with E-state index in [9.17, 15) is 14.0 Å². The van der Waals surface area contributed by atoms with E-state index < -0.39 is 6.04 Å². The van der Waals surface area contributed by atoms with E-state index >= 15 is 0 Å². The summed E-state index contributed by atoms with van der Waals surface area (Å²) in [5.41, 5.74) is 2.63. The summed E-state index contributed by atoms with van der Waals surface area (Å²) in [6.07, 6.45) is 0.366. The zero-order valence-electron chi connectivity index (χ0n) is 18.6. The Morgan fingerprint density at radius 3 is 2.26 bits per heavy atom. The van der Waals surface area contributed by atoms with Gasteiger partial charge in [-0.05, 0) is 41.0 Å². The number of carbonyl (C=O) groups is 2. The van der Waals surface area contributed by atoms with Crippen LogP contribution >= 0.6 is 35.0 Å². The number of amides is 2. The fourth-order valence-corrected chi connectivity index (χ4v) is 4.65. The molecule has 0 radical (unpaired) electrons. The molecule has 0 aliphatic carbocycles. The molecule has 0 bridgehead atoms. The van der Waals surface area contributed by atoms with Crippen molar-refractivity contribution in [3.8, 4) is 0 Å². The van der Waals surface area contributed by atoms with Crippen LogP contribution in [0.15, 0.2) is 72.8 Å². The highest BCUT2D eigenvalue weighted by molar-refractivity contribution is 7.99. The number of halogens is 3. The summed E-state index contributed by atoms with van der Waals surface area (Å²) in [4.78, 5) is 27.8. The lowest BCUT2D eigenvalue weighted by Crippen LogP contribution is -2.50. The molecule has 0 fully saturated rings. The molecule has 0 spiro atoms. The maximum Gasteiger partial charge on any atom is 0.242 e. The Hall–Kier alpha value is -2.54. The van der Waals surface area contributed by atoms with Gasteiger partial charge in [0.05, 0.1) is 15.8 Å². The number of benzene rings is 3. The highest BCUT2D eigenvalue weighted by atomic mass is 35.5. The second-order valence-electron chi connectivity index (χ2n) is 7.71. The minimum atomic E-state index is -0.712. The number of thioether (sulfide) groups is 1. The van der Waals surface area contributed by atoms with Crippen LogP contribution in [-0.2, 0) is 28.3 Å². The normalized spacial score (nSPS) is 11.6. The van der Waals surface area contributed by atoms with Crippen molar-refractivity contribution in [3.05, 3.63) is 105 Å². The average molecular weight is 519 g/mol. The van der Waals surface area contributed by atoms with Gasteiger partial charge in [-0.25, -0.2) is 4.39 Å². The molecule has 3 rings (SSSR count). The zero-order valence-corrected chi connectivity index (χ0v) is 21.0. The van der Waals surface area contributed by atoms with Crippen LogP contribution in [-0.4, -0.2) is 35.6 Å². The predicted molar refractivity (Wildman–Crippen MR) is 138 cm³/mol. The first-order valence-corrected chi connectivity index (χ1v) is 12.6. The third-order valence-corrected chi connectivity index (χ3v) is 6.99. The SMILES string of the molecule is CNC(=O)C(Cc1ccccc1)N(Cc1ccc(F)cc1)C(=O)CSCc1ccc(Cl)c(Cl)c1. The highest BCUT2D eigenvalue weighted by Gasteiger charge is 2.29. The topological polar surface area (TPSA) is 49.4 Å². The van der Waals surface area contributed by atoms with Gasteiger partial charge in [0.1, 0.15) is 11.9 Å². The van der Waals surface area contributed by atoms with Crippen LogP contribution in [0.25, 0.3) is 0 Å². The van der Waals surface area contributed by atoms with Gasteiger partial charge in [0, 0.05) is 25.8 Å². The van der Waals surface area contributed by atoms with Crippen molar-refractivity contribution in [2.75, 3.05) is 12.8 Å². The van der Waals surface area contributed by atoms with Crippen LogP contribution in [0.5, 0.6) is 0 Å². The summed E-state index contributed by atoms with van der Waals surface area (Å²) in [6.45, 7) is 0.192. The van der Waals surface area contributed by atoms with E-state index in [0.717, 1.165) is 16.7 Å². The van der Waals surface area contributed by atoms with E-state index in [0.29, 0.717) is 22.2 Å². The smallest absolute Gasteiger partial charge is 0.242 e. The molecule has 3 aromatic rings. The van der Waals surface area contributed by atoms with Crippen molar-refractivity contribution < 1.29 is 14.0 Å². The molecular formula is C26H25Cl2FN2O2S. The van der Waals surface area contributed by atoms with Crippen molar-refractivity contribution in [3.63, 3.8) is 0 Å². The third-order valence-electron chi connectivity index (χ3n) is 5.26. The molecular weight excluding hydrogens is 494 g/mol. The van der Waals surface area contributed by atoms with Crippen molar-refractivity contribution in [2.24, 2.45) is 0 Å². The van der Waals surface area contributed by atoms with E-state index in [4.69, 9.17) is 23.2 Å². The first-order chi connectivity index (χ1) is 16.4. The summed E-state index contributed by atoms with van der Waals surface area (Å²) < 4.78 is 13.4. The predicted octanol–water partition coefficient (Wildman–Crippen LogP) is 5.75. The Kier molecular flexibility index (Phi) is 9.81. The van der Waals surface area contributed by atoms with Gasteiger partial charge in [-0.2, -0.15) is 0 Å². The third kappa shape index (κ3) is 7.49. The summed E-state index contributed by atoms with van der Waals surface area (Å²) in [5.74, 6) is -0.0567. The number of hydrogen-bond acceptors (Lipinski definition) is 3. The van der Waals surface area contributed by atoms with Crippen molar-refractivity contribution in [1.29, 1.82) is 0 Å². The molecule has 1 N–H and O–H groups in total. The fraction of sp³-hybridized carbons (Fsp3) is 0.231. The van der Waals surface area contributed by atoms with Crippen molar-refractivity contribution in [1.82, 2.24) is 10.2 Å². The quantitative estimate of drug-likeness (QED) is 0.371. The van der Waals surface area contributed by atoms with E-state index in [2.05, 4.69) is 5.32 Å². The van der Waals surface area contributed by atoms with Gasteiger partial charge in [-0.1, -0.05) is 71.7 Å². The number of nitrogens with zero attached hydrogens (tertiary/aromatic N) is 1.